The van der Waals surface area contributed by atoms with Gasteiger partial charge in [0, 0.05) is 17.5 Å². The molecular weight excluding hydrogens is 290 g/mol. The normalized spacial score (nSPS) is 10.4. The molecule has 0 heterocycles. The molecule has 1 rings (SSSR count). The van der Waals surface area contributed by atoms with Crippen LogP contribution >= 0.6 is 15.9 Å². The van der Waals surface area contributed by atoms with Gasteiger partial charge in [-0.1, -0.05) is 15.9 Å². The van der Waals surface area contributed by atoms with Gasteiger partial charge < -0.3 is 9.47 Å². The number of ether oxygens (including phenoxy) is 2. The number of nitro benzene ring substituents is 1. The molecule has 0 saturated carbocycles. The molecular formula is C11H14BrNO4. The van der Waals surface area contributed by atoms with E-state index in [1.165, 1.54) is 12.1 Å². The number of non-ortho nitro benzene ring substituents is 1. The van der Waals surface area contributed by atoms with E-state index in [0.717, 1.165) is 10.9 Å². The van der Waals surface area contributed by atoms with Gasteiger partial charge in [-0.2, -0.15) is 0 Å². The molecule has 0 aliphatic heterocycles. The van der Waals surface area contributed by atoms with Crippen LogP contribution in [0, 0.1) is 10.1 Å². The van der Waals surface area contributed by atoms with Crippen LogP contribution in [-0.4, -0.2) is 30.1 Å². The van der Waals surface area contributed by atoms with E-state index in [9.17, 15) is 10.1 Å². The van der Waals surface area contributed by atoms with Gasteiger partial charge in [0.25, 0.3) is 5.69 Å². The maximum absolute atomic E-state index is 10.4. The first-order valence-corrected chi connectivity index (χ1v) is 6.31. The summed E-state index contributed by atoms with van der Waals surface area (Å²) in [5, 5.41) is 11.2. The smallest absolute Gasteiger partial charge is 0.269 e. The second-order valence-electron chi connectivity index (χ2n) is 3.28. The van der Waals surface area contributed by atoms with Gasteiger partial charge in [-0.3, -0.25) is 10.1 Å². The molecule has 17 heavy (non-hydrogen) atoms. The Hall–Kier alpha value is -0.980. The minimum Gasteiger partial charge on any atom is -0.378 e. The number of nitro groups is 1. The Bertz CT molecular complexity index is 342. The fourth-order valence-electron chi connectivity index (χ4n) is 1.18. The Morgan fingerprint density at radius 2 is 1.76 bits per heavy atom. The largest absolute Gasteiger partial charge is 0.378 e. The van der Waals surface area contributed by atoms with Gasteiger partial charge in [-0.15, -0.1) is 0 Å². The van der Waals surface area contributed by atoms with E-state index >= 15 is 0 Å². The predicted molar refractivity (Wildman–Crippen MR) is 67.4 cm³/mol. The van der Waals surface area contributed by atoms with Crippen LogP contribution in [0.25, 0.3) is 0 Å². The van der Waals surface area contributed by atoms with E-state index < -0.39 is 4.92 Å². The highest BCUT2D eigenvalue weighted by Crippen LogP contribution is 2.12. The molecule has 0 bridgehead atoms. The Balaban J connectivity index is 2.21. The van der Waals surface area contributed by atoms with E-state index in [2.05, 4.69) is 15.9 Å². The molecule has 1 aromatic rings. The monoisotopic (exact) mass is 303 g/mol. The zero-order chi connectivity index (χ0) is 12.5. The lowest BCUT2D eigenvalue weighted by Crippen LogP contribution is -2.05. The third kappa shape index (κ3) is 5.76. The Labute approximate surface area is 108 Å². The van der Waals surface area contributed by atoms with Crippen molar-refractivity contribution in [1.82, 2.24) is 0 Å². The zero-order valence-electron chi connectivity index (χ0n) is 9.30. The SMILES string of the molecule is O=[N+]([O-])c1ccc(COCCOCCBr)cc1. The lowest BCUT2D eigenvalue weighted by Gasteiger charge is -2.04. The maximum Gasteiger partial charge on any atom is 0.269 e. The van der Waals surface area contributed by atoms with Crippen molar-refractivity contribution in [3.05, 3.63) is 39.9 Å². The highest BCUT2D eigenvalue weighted by Gasteiger charge is 2.03. The van der Waals surface area contributed by atoms with Crippen LogP contribution in [0.4, 0.5) is 5.69 Å². The number of hydrogen-bond acceptors (Lipinski definition) is 4. The first kappa shape index (κ1) is 14.1. The number of benzene rings is 1. The van der Waals surface area contributed by atoms with E-state index in [4.69, 9.17) is 9.47 Å². The number of rotatable bonds is 8. The third-order valence-electron chi connectivity index (χ3n) is 2.01. The summed E-state index contributed by atoms with van der Waals surface area (Å²) in [6, 6.07) is 6.33. The van der Waals surface area contributed by atoms with Crippen LogP contribution in [0.5, 0.6) is 0 Å². The summed E-state index contributed by atoms with van der Waals surface area (Å²) in [6.07, 6.45) is 0. The van der Waals surface area contributed by atoms with Gasteiger partial charge in [0.05, 0.1) is 31.4 Å². The maximum atomic E-state index is 10.4. The van der Waals surface area contributed by atoms with E-state index in [1.54, 1.807) is 12.1 Å². The molecule has 0 saturated heterocycles. The minimum atomic E-state index is -0.418. The van der Waals surface area contributed by atoms with Crippen molar-refractivity contribution >= 4 is 21.6 Å². The topological polar surface area (TPSA) is 61.6 Å². The zero-order valence-corrected chi connectivity index (χ0v) is 10.9. The lowest BCUT2D eigenvalue weighted by molar-refractivity contribution is -0.384. The van der Waals surface area contributed by atoms with Crippen molar-refractivity contribution in [3.63, 3.8) is 0 Å². The molecule has 0 unspecified atom stereocenters. The van der Waals surface area contributed by atoms with Crippen LogP contribution in [0.1, 0.15) is 5.56 Å². The summed E-state index contributed by atoms with van der Waals surface area (Å²) < 4.78 is 10.6. The Morgan fingerprint density at radius 1 is 1.12 bits per heavy atom. The molecule has 94 valence electrons. The van der Waals surface area contributed by atoms with Crippen LogP contribution in [-0.2, 0) is 16.1 Å². The summed E-state index contributed by atoms with van der Waals surface area (Å²) in [6.45, 7) is 2.18. The first-order chi connectivity index (χ1) is 8.24. The van der Waals surface area contributed by atoms with Gasteiger partial charge in [0.1, 0.15) is 0 Å². The van der Waals surface area contributed by atoms with Crippen LogP contribution in [0.3, 0.4) is 0 Å². The highest BCUT2D eigenvalue weighted by atomic mass is 79.9. The van der Waals surface area contributed by atoms with E-state index in [1.807, 2.05) is 0 Å². The van der Waals surface area contributed by atoms with Crippen LogP contribution in [0.2, 0.25) is 0 Å². The minimum absolute atomic E-state index is 0.0920. The molecule has 0 aliphatic carbocycles. The molecule has 5 nitrogen and oxygen atoms in total. The summed E-state index contributed by atoms with van der Waals surface area (Å²) in [4.78, 5) is 10.0. The van der Waals surface area contributed by atoms with E-state index in [-0.39, 0.29) is 5.69 Å². The molecule has 0 atom stereocenters. The Kier molecular flexibility index (Phi) is 6.76. The number of halogens is 1. The van der Waals surface area contributed by atoms with Crippen LogP contribution < -0.4 is 0 Å². The van der Waals surface area contributed by atoms with Crippen molar-refractivity contribution in [2.75, 3.05) is 25.2 Å². The number of hydrogen-bond donors (Lipinski definition) is 0. The third-order valence-corrected chi connectivity index (χ3v) is 2.33. The van der Waals surface area contributed by atoms with Gasteiger partial charge in [-0.05, 0) is 17.7 Å². The van der Waals surface area contributed by atoms with E-state index in [0.29, 0.717) is 26.4 Å². The summed E-state index contributed by atoms with van der Waals surface area (Å²) in [5.74, 6) is 0. The number of alkyl halides is 1. The van der Waals surface area contributed by atoms with Gasteiger partial charge in [0.2, 0.25) is 0 Å². The summed E-state index contributed by atoms with van der Waals surface area (Å²) in [5.41, 5.74) is 1.01. The van der Waals surface area contributed by atoms with Crippen molar-refractivity contribution in [2.45, 2.75) is 6.61 Å². The molecule has 0 radical (unpaired) electrons. The summed E-state index contributed by atoms with van der Waals surface area (Å²) in [7, 11) is 0. The quantitative estimate of drug-likeness (QED) is 0.320. The average molecular weight is 304 g/mol. The molecule has 0 fully saturated rings. The van der Waals surface area contributed by atoms with Crippen LogP contribution in [0.15, 0.2) is 24.3 Å². The fraction of sp³-hybridized carbons (Fsp3) is 0.455. The molecule has 0 amide bonds. The highest BCUT2D eigenvalue weighted by molar-refractivity contribution is 9.09. The van der Waals surface area contributed by atoms with Gasteiger partial charge in [0.15, 0.2) is 0 Å². The van der Waals surface area contributed by atoms with Crippen molar-refractivity contribution in [2.24, 2.45) is 0 Å². The van der Waals surface area contributed by atoms with Gasteiger partial charge in [-0.25, -0.2) is 0 Å². The second-order valence-corrected chi connectivity index (χ2v) is 4.07. The Morgan fingerprint density at radius 3 is 2.35 bits per heavy atom. The van der Waals surface area contributed by atoms with Crippen molar-refractivity contribution in [3.8, 4) is 0 Å². The molecule has 0 aliphatic rings. The second kappa shape index (κ2) is 8.16. The summed E-state index contributed by atoms with van der Waals surface area (Å²) >= 11 is 3.25. The van der Waals surface area contributed by atoms with Crippen molar-refractivity contribution < 1.29 is 14.4 Å². The number of nitrogens with zero attached hydrogens (tertiary/aromatic N) is 1. The molecule has 6 heteroatoms. The fourth-order valence-corrected chi connectivity index (χ4v) is 1.41. The standard InChI is InChI=1S/C11H14BrNO4/c12-5-6-16-7-8-17-9-10-1-3-11(4-2-10)13(14)15/h1-4H,5-9H2. The molecule has 1 aromatic carbocycles. The molecule has 0 aromatic heterocycles. The van der Waals surface area contributed by atoms with Gasteiger partial charge >= 0.3 is 0 Å². The average Bonchev–Trinajstić information content (AvgIpc) is 2.34. The van der Waals surface area contributed by atoms with Crippen molar-refractivity contribution in [1.29, 1.82) is 0 Å². The molecule has 0 N–H and O–H groups in total. The first-order valence-electron chi connectivity index (χ1n) is 5.19. The lowest BCUT2D eigenvalue weighted by atomic mass is 10.2. The molecule has 0 spiro atoms. The predicted octanol–water partition coefficient (Wildman–Crippen LogP) is 2.52.